The number of nitrogens with zero attached hydrogens (tertiary/aromatic N) is 2. The number of amides is 2. The molecule has 0 unspecified atom stereocenters. The largest absolute Gasteiger partial charge is 0.490 e. The number of hydrogen-bond acceptors (Lipinski definition) is 6. The zero-order valence-electron chi connectivity index (χ0n) is 22.1. The van der Waals surface area contributed by atoms with Gasteiger partial charge in [0.2, 0.25) is 11.7 Å². The lowest BCUT2D eigenvalue weighted by molar-refractivity contribution is -0.385. The standard InChI is InChI=1S/C29H32ClN3O6/c1-4-20(2)31-29(35)26(16-21-8-6-5-7-9-21)32(18-22-10-12-23(30)13-11-22)28(34)19-39-24-14-15-25(33(36)37)27(17-24)38-3/h5-15,17,20,26H,4,16,18-19H2,1-3H3,(H,31,35)/t20-,26-/m1/s1. The van der Waals surface area contributed by atoms with E-state index in [0.29, 0.717) is 11.4 Å². The van der Waals surface area contributed by atoms with Crippen LogP contribution in [0.15, 0.2) is 72.8 Å². The fourth-order valence-corrected chi connectivity index (χ4v) is 4.03. The summed E-state index contributed by atoms with van der Waals surface area (Å²) >= 11 is 6.06. The Hall–Kier alpha value is -4.11. The number of carbonyl (C=O) groups excluding carboxylic acids is 2. The third-order valence-electron chi connectivity index (χ3n) is 6.25. The number of nitrogens with one attached hydrogen (secondary N) is 1. The van der Waals surface area contributed by atoms with Gasteiger partial charge in [-0.15, -0.1) is 0 Å². The zero-order valence-corrected chi connectivity index (χ0v) is 22.9. The van der Waals surface area contributed by atoms with Gasteiger partial charge in [0, 0.05) is 36.2 Å². The maximum Gasteiger partial charge on any atom is 0.311 e. The smallest absolute Gasteiger partial charge is 0.311 e. The van der Waals surface area contributed by atoms with Crippen molar-refractivity contribution in [2.75, 3.05) is 13.7 Å². The normalized spacial score (nSPS) is 12.2. The second kappa shape index (κ2) is 14.2. The van der Waals surface area contributed by atoms with Crippen LogP contribution in [0.4, 0.5) is 5.69 Å². The highest BCUT2D eigenvalue weighted by atomic mass is 35.5. The van der Waals surface area contributed by atoms with Crippen LogP contribution in [0.3, 0.4) is 0 Å². The number of nitro groups is 1. The first-order valence-electron chi connectivity index (χ1n) is 12.5. The van der Waals surface area contributed by atoms with E-state index in [1.54, 1.807) is 24.3 Å². The van der Waals surface area contributed by atoms with Crippen LogP contribution >= 0.6 is 11.6 Å². The molecule has 3 aromatic carbocycles. The molecule has 0 aromatic heterocycles. The quantitative estimate of drug-likeness (QED) is 0.230. The van der Waals surface area contributed by atoms with Crippen LogP contribution in [0, 0.1) is 10.1 Å². The van der Waals surface area contributed by atoms with Crippen LogP contribution in [0.1, 0.15) is 31.4 Å². The van der Waals surface area contributed by atoms with Crippen molar-refractivity contribution in [3.05, 3.63) is 99.1 Å². The highest BCUT2D eigenvalue weighted by Crippen LogP contribution is 2.31. The lowest BCUT2D eigenvalue weighted by Crippen LogP contribution is -2.53. The summed E-state index contributed by atoms with van der Waals surface area (Å²) in [5.74, 6) is -0.464. The van der Waals surface area contributed by atoms with Crippen LogP contribution in [0.2, 0.25) is 5.02 Å². The topological polar surface area (TPSA) is 111 Å². The molecule has 0 bridgehead atoms. The molecule has 0 aliphatic carbocycles. The SMILES string of the molecule is CC[C@@H](C)NC(=O)[C@@H](Cc1ccccc1)N(Cc1ccc(Cl)cc1)C(=O)COc1ccc([N+](=O)[O-])c(OC)c1. The number of ether oxygens (including phenoxy) is 2. The van der Waals surface area contributed by atoms with E-state index in [2.05, 4.69) is 5.32 Å². The van der Waals surface area contributed by atoms with E-state index in [-0.39, 0.29) is 35.7 Å². The van der Waals surface area contributed by atoms with Gasteiger partial charge in [0.05, 0.1) is 12.0 Å². The first kappa shape index (κ1) is 29.4. The van der Waals surface area contributed by atoms with Gasteiger partial charge in [0.25, 0.3) is 5.91 Å². The van der Waals surface area contributed by atoms with Gasteiger partial charge in [-0.1, -0.05) is 61.0 Å². The lowest BCUT2D eigenvalue weighted by Gasteiger charge is -2.32. The molecule has 0 aliphatic rings. The van der Waals surface area contributed by atoms with E-state index < -0.39 is 23.5 Å². The second-order valence-electron chi connectivity index (χ2n) is 9.05. The number of rotatable bonds is 13. The van der Waals surface area contributed by atoms with E-state index in [9.17, 15) is 19.7 Å². The summed E-state index contributed by atoms with van der Waals surface area (Å²) in [4.78, 5) is 39.3. The molecule has 2 amide bonds. The molecule has 0 spiro atoms. The van der Waals surface area contributed by atoms with Crippen LogP contribution < -0.4 is 14.8 Å². The van der Waals surface area contributed by atoms with Crippen LogP contribution in [0.5, 0.6) is 11.5 Å². The number of nitro benzene ring substituents is 1. The molecule has 3 aromatic rings. The van der Waals surface area contributed by atoms with Gasteiger partial charge in [-0.25, -0.2) is 0 Å². The molecule has 9 nitrogen and oxygen atoms in total. The van der Waals surface area contributed by atoms with Crippen molar-refractivity contribution in [1.82, 2.24) is 10.2 Å². The Balaban J connectivity index is 1.91. The van der Waals surface area contributed by atoms with Crippen molar-refractivity contribution in [3.63, 3.8) is 0 Å². The maximum atomic E-state index is 13.7. The lowest BCUT2D eigenvalue weighted by atomic mass is 10.0. The predicted octanol–water partition coefficient (Wildman–Crippen LogP) is 5.19. The molecule has 3 rings (SSSR count). The van der Waals surface area contributed by atoms with Gasteiger partial charge in [-0.2, -0.15) is 0 Å². The van der Waals surface area contributed by atoms with E-state index in [1.807, 2.05) is 44.2 Å². The molecular weight excluding hydrogens is 522 g/mol. The molecule has 10 heteroatoms. The Kier molecular flexibility index (Phi) is 10.7. The third kappa shape index (κ3) is 8.44. The number of benzene rings is 3. The average molecular weight is 554 g/mol. The summed E-state index contributed by atoms with van der Waals surface area (Å²) in [5.41, 5.74) is 1.47. The molecule has 0 heterocycles. The number of hydrogen-bond donors (Lipinski definition) is 1. The van der Waals surface area contributed by atoms with E-state index in [1.165, 1.54) is 30.2 Å². The number of carbonyl (C=O) groups is 2. The first-order valence-corrected chi connectivity index (χ1v) is 12.9. The van der Waals surface area contributed by atoms with E-state index in [4.69, 9.17) is 21.1 Å². The van der Waals surface area contributed by atoms with Gasteiger partial charge in [0.1, 0.15) is 11.8 Å². The molecule has 39 heavy (non-hydrogen) atoms. The van der Waals surface area contributed by atoms with Crippen molar-refractivity contribution < 1.29 is 24.0 Å². The van der Waals surface area contributed by atoms with Crippen molar-refractivity contribution in [2.24, 2.45) is 0 Å². The molecule has 0 aliphatic heterocycles. The molecule has 0 saturated carbocycles. The Morgan fingerprint density at radius 1 is 1.05 bits per heavy atom. The Morgan fingerprint density at radius 2 is 1.74 bits per heavy atom. The summed E-state index contributed by atoms with van der Waals surface area (Å²) in [5, 5.41) is 14.8. The minimum atomic E-state index is -0.820. The molecule has 206 valence electrons. The second-order valence-corrected chi connectivity index (χ2v) is 9.49. The summed E-state index contributed by atoms with van der Waals surface area (Å²) in [6, 6.07) is 19.6. The van der Waals surface area contributed by atoms with Gasteiger partial charge in [-0.3, -0.25) is 19.7 Å². The Morgan fingerprint density at radius 3 is 2.36 bits per heavy atom. The minimum absolute atomic E-state index is 0.0119. The molecule has 0 radical (unpaired) electrons. The average Bonchev–Trinajstić information content (AvgIpc) is 2.94. The van der Waals surface area contributed by atoms with Crippen LogP contribution in [-0.4, -0.2) is 47.4 Å². The summed E-state index contributed by atoms with van der Waals surface area (Å²) in [6.45, 7) is 3.64. The summed E-state index contributed by atoms with van der Waals surface area (Å²) < 4.78 is 10.8. The number of methoxy groups -OCH3 is 1. The summed E-state index contributed by atoms with van der Waals surface area (Å²) in [7, 11) is 1.31. The fraction of sp³-hybridized carbons (Fsp3) is 0.310. The Bertz CT molecular complexity index is 1270. The zero-order chi connectivity index (χ0) is 28.4. The molecule has 0 fully saturated rings. The Labute approximate surface area is 232 Å². The minimum Gasteiger partial charge on any atom is -0.490 e. The van der Waals surface area contributed by atoms with Crippen LogP contribution in [-0.2, 0) is 22.6 Å². The van der Waals surface area contributed by atoms with Gasteiger partial charge in [0.15, 0.2) is 6.61 Å². The van der Waals surface area contributed by atoms with Crippen molar-refractivity contribution in [1.29, 1.82) is 0 Å². The predicted molar refractivity (Wildman–Crippen MR) is 149 cm³/mol. The highest BCUT2D eigenvalue weighted by Gasteiger charge is 2.31. The molecular formula is C29H32ClN3O6. The monoisotopic (exact) mass is 553 g/mol. The third-order valence-corrected chi connectivity index (χ3v) is 6.50. The van der Waals surface area contributed by atoms with Crippen LogP contribution in [0.25, 0.3) is 0 Å². The van der Waals surface area contributed by atoms with Gasteiger partial charge < -0.3 is 19.7 Å². The molecule has 2 atom stereocenters. The van der Waals surface area contributed by atoms with Gasteiger partial charge >= 0.3 is 5.69 Å². The van der Waals surface area contributed by atoms with Crippen molar-refractivity contribution in [2.45, 2.75) is 45.3 Å². The maximum absolute atomic E-state index is 13.7. The highest BCUT2D eigenvalue weighted by molar-refractivity contribution is 6.30. The molecule has 0 saturated heterocycles. The van der Waals surface area contributed by atoms with E-state index >= 15 is 0 Å². The van der Waals surface area contributed by atoms with Crippen molar-refractivity contribution in [3.8, 4) is 11.5 Å². The number of halogens is 1. The summed E-state index contributed by atoms with van der Waals surface area (Å²) in [6.07, 6.45) is 1.04. The van der Waals surface area contributed by atoms with E-state index in [0.717, 1.165) is 17.5 Å². The van der Waals surface area contributed by atoms with Gasteiger partial charge in [-0.05, 0) is 42.7 Å². The van der Waals surface area contributed by atoms with Crippen molar-refractivity contribution >= 4 is 29.1 Å². The fourth-order valence-electron chi connectivity index (χ4n) is 3.91. The molecule has 1 N–H and O–H groups in total. The first-order chi connectivity index (χ1) is 18.7.